The lowest BCUT2D eigenvalue weighted by Gasteiger charge is -2.37. The van der Waals surface area contributed by atoms with E-state index >= 15 is 0 Å². The van der Waals surface area contributed by atoms with E-state index in [1.807, 2.05) is 19.2 Å². The van der Waals surface area contributed by atoms with E-state index in [9.17, 15) is 19.8 Å². The Balaban J connectivity index is 1.35. The number of likely N-dealkylation sites (N-methyl/N-ethyl adjacent to an activating group) is 1. The van der Waals surface area contributed by atoms with E-state index in [1.54, 1.807) is 36.7 Å². The van der Waals surface area contributed by atoms with Gasteiger partial charge in [0.05, 0.1) is 10.9 Å². The van der Waals surface area contributed by atoms with E-state index in [0.717, 1.165) is 18.3 Å². The number of likely N-dealkylation sites (tertiary alicyclic amines) is 1. The van der Waals surface area contributed by atoms with E-state index in [0.29, 0.717) is 48.6 Å². The van der Waals surface area contributed by atoms with Gasteiger partial charge in [-0.25, -0.2) is 0 Å². The Morgan fingerprint density at radius 2 is 1.83 bits per heavy atom. The van der Waals surface area contributed by atoms with Gasteiger partial charge in [-0.05, 0) is 50.7 Å². The molecule has 41 heavy (non-hydrogen) atoms. The zero-order valence-electron chi connectivity index (χ0n) is 22.5. The van der Waals surface area contributed by atoms with Gasteiger partial charge in [0, 0.05) is 66.9 Å². The van der Waals surface area contributed by atoms with Crippen LogP contribution < -0.4 is 10.3 Å². The van der Waals surface area contributed by atoms with Crippen molar-refractivity contribution in [3.63, 3.8) is 0 Å². The molecule has 2 saturated heterocycles. The molecule has 9 nitrogen and oxygen atoms in total. The molecule has 0 spiro atoms. The molecular formula is C31H30ClN3O6. The molecule has 2 fully saturated rings. The predicted octanol–water partition coefficient (Wildman–Crippen LogP) is 4.78. The topological polar surface area (TPSA) is 116 Å². The number of piperidine rings is 1. The summed E-state index contributed by atoms with van der Waals surface area (Å²) in [5.41, 5.74) is 1.44. The van der Waals surface area contributed by atoms with Crippen LogP contribution in [0.1, 0.15) is 24.3 Å². The summed E-state index contributed by atoms with van der Waals surface area (Å²) in [7, 11) is 1.95. The summed E-state index contributed by atoms with van der Waals surface area (Å²) < 4.78 is 12.4. The second kappa shape index (κ2) is 11.1. The third-order valence-electron chi connectivity index (χ3n) is 8.09. The highest BCUT2D eigenvalue weighted by atomic mass is 35.5. The molecule has 0 aliphatic carbocycles. The molecule has 0 bridgehead atoms. The van der Waals surface area contributed by atoms with Gasteiger partial charge in [-0.1, -0.05) is 23.7 Å². The highest BCUT2D eigenvalue weighted by molar-refractivity contribution is 6.33. The number of esters is 1. The number of hydrogen-bond acceptors (Lipinski definition) is 9. The maximum absolute atomic E-state index is 13.4. The van der Waals surface area contributed by atoms with Crippen molar-refractivity contribution in [3.8, 4) is 22.8 Å². The summed E-state index contributed by atoms with van der Waals surface area (Å²) in [5, 5.41) is 22.1. The summed E-state index contributed by atoms with van der Waals surface area (Å²) in [6.07, 6.45) is 4.05. The minimum absolute atomic E-state index is 0.0404. The normalized spacial score (nSPS) is 21.3. The summed E-state index contributed by atoms with van der Waals surface area (Å²) in [6, 6.07) is 13.2. The molecule has 2 aromatic heterocycles. The second-order valence-electron chi connectivity index (χ2n) is 10.8. The molecule has 212 valence electrons. The van der Waals surface area contributed by atoms with Gasteiger partial charge in [-0.2, -0.15) is 0 Å². The Kier molecular flexibility index (Phi) is 7.32. The average molecular weight is 576 g/mol. The molecule has 2 N–H and O–H groups in total. The van der Waals surface area contributed by atoms with Crippen molar-refractivity contribution in [1.29, 1.82) is 0 Å². The van der Waals surface area contributed by atoms with Crippen molar-refractivity contribution in [3.05, 3.63) is 81.7 Å². The van der Waals surface area contributed by atoms with Crippen molar-refractivity contribution in [2.75, 3.05) is 38.1 Å². The van der Waals surface area contributed by atoms with Gasteiger partial charge >= 0.3 is 5.97 Å². The molecule has 4 aromatic rings. The predicted molar refractivity (Wildman–Crippen MR) is 156 cm³/mol. The number of fused-ring (bicyclic) bond motifs is 1. The van der Waals surface area contributed by atoms with Gasteiger partial charge in [0.15, 0.2) is 5.43 Å². The van der Waals surface area contributed by atoms with Gasteiger partial charge in [0.25, 0.3) is 0 Å². The van der Waals surface area contributed by atoms with Crippen molar-refractivity contribution in [2.45, 2.75) is 24.9 Å². The van der Waals surface area contributed by atoms with Crippen LogP contribution in [0, 0.1) is 5.92 Å². The third kappa shape index (κ3) is 5.23. The SMILES string of the molecule is CN1CC[C@H](c2c(O)cc(O)c3c(=O)cc(-c4ccccc4Cl)oc23)[C@H](OC(=O)C2CCN(c3ccncc3)C2)C1. The van der Waals surface area contributed by atoms with E-state index in [-0.39, 0.29) is 40.1 Å². The number of phenolic OH excluding ortho intramolecular Hbond substituents is 2. The molecule has 1 unspecified atom stereocenters. The first-order valence-electron chi connectivity index (χ1n) is 13.6. The van der Waals surface area contributed by atoms with Crippen molar-refractivity contribution in [2.24, 2.45) is 5.92 Å². The van der Waals surface area contributed by atoms with Crippen LogP contribution in [0.3, 0.4) is 0 Å². The number of halogens is 1. The summed E-state index contributed by atoms with van der Waals surface area (Å²) in [6.45, 7) is 2.39. The van der Waals surface area contributed by atoms with Crippen LogP contribution in [0.2, 0.25) is 5.02 Å². The Morgan fingerprint density at radius 1 is 1.05 bits per heavy atom. The monoisotopic (exact) mass is 575 g/mol. The van der Waals surface area contributed by atoms with Gasteiger partial charge in [0.1, 0.15) is 34.3 Å². The highest BCUT2D eigenvalue weighted by Gasteiger charge is 2.39. The Labute approximate surface area is 241 Å². The number of nitrogens with zero attached hydrogens (tertiary/aromatic N) is 3. The Morgan fingerprint density at radius 3 is 2.61 bits per heavy atom. The van der Waals surface area contributed by atoms with Crippen molar-refractivity contribution >= 4 is 34.2 Å². The summed E-state index contributed by atoms with van der Waals surface area (Å²) >= 11 is 6.39. The average Bonchev–Trinajstić information content (AvgIpc) is 3.45. The molecule has 3 atom stereocenters. The summed E-state index contributed by atoms with van der Waals surface area (Å²) in [4.78, 5) is 34.9. The van der Waals surface area contributed by atoms with Gasteiger partial charge in [-0.3, -0.25) is 14.6 Å². The minimum atomic E-state index is -0.607. The molecule has 2 aliphatic heterocycles. The number of benzene rings is 2. The first-order valence-corrected chi connectivity index (χ1v) is 14.0. The van der Waals surface area contributed by atoms with Gasteiger partial charge < -0.3 is 29.2 Å². The second-order valence-corrected chi connectivity index (χ2v) is 11.2. The lowest BCUT2D eigenvalue weighted by molar-refractivity contribution is -0.156. The number of carbonyl (C=O) groups excluding carboxylic acids is 1. The largest absolute Gasteiger partial charge is 0.507 e. The number of ether oxygens (including phenoxy) is 1. The maximum atomic E-state index is 13.4. The van der Waals surface area contributed by atoms with Crippen molar-refractivity contribution in [1.82, 2.24) is 9.88 Å². The molecule has 2 aromatic carbocycles. The fraction of sp³-hybridized carbons (Fsp3) is 0.323. The van der Waals surface area contributed by atoms with E-state index in [1.165, 1.54) is 6.07 Å². The zero-order chi connectivity index (χ0) is 28.7. The van der Waals surface area contributed by atoms with E-state index < -0.39 is 17.5 Å². The van der Waals surface area contributed by atoms with Crippen LogP contribution in [-0.2, 0) is 9.53 Å². The number of anilines is 1. The fourth-order valence-corrected chi connectivity index (χ4v) is 6.21. The molecule has 2 aliphatic rings. The molecule has 0 saturated carbocycles. The lowest BCUT2D eigenvalue weighted by atomic mass is 9.85. The van der Waals surface area contributed by atoms with Gasteiger partial charge in [0.2, 0.25) is 0 Å². The fourth-order valence-electron chi connectivity index (χ4n) is 5.98. The minimum Gasteiger partial charge on any atom is -0.507 e. The van der Waals surface area contributed by atoms with Crippen LogP contribution in [0.5, 0.6) is 11.5 Å². The quantitative estimate of drug-likeness (QED) is 0.324. The first-order chi connectivity index (χ1) is 19.8. The number of carbonyl (C=O) groups is 1. The molecule has 0 radical (unpaired) electrons. The zero-order valence-corrected chi connectivity index (χ0v) is 23.3. The number of hydrogen-bond donors (Lipinski definition) is 2. The third-order valence-corrected chi connectivity index (χ3v) is 8.42. The lowest BCUT2D eigenvalue weighted by Crippen LogP contribution is -2.44. The number of pyridine rings is 1. The van der Waals surface area contributed by atoms with E-state index in [2.05, 4.69) is 14.8 Å². The maximum Gasteiger partial charge on any atom is 0.311 e. The molecule has 0 amide bonds. The Hall–Kier alpha value is -4.08. The van der Waals surface area contributed by atoms with Crippen LogP contribution >= 0.6 is 11.6 Å². The van der Waals surface area contributed by atoms with Crippen LogP contribution in [0.25, 0.3) is 22.3 Å². The number of phenols is 2. The van der Waals surface area contributed by atoms with Crippen molar-refractivity contribution < 1.29 is 24.2 Å². The number of rotatable bonds is 5. The van der Waals surface area contributed by atoms with Crippen LogP contribution in [-0.4, -0.2) is 65.4 Å². The molecule has 6 rings (SSSR count). The Bertz CT molecular complexity index is 1660. The number of aromatic nitrogens is 1. The van der Waals surface area contributed by atoms with Gasteiger partial charge in [-0.15, -0.1) is 0 Å². The standard InChI is InChI=1S/C31H30ClN3O6/c1-34-12-9-21(27(17-34)41-31(39)18-8-13-35(16-18)19-6-10-33-11-7-19)28-23(36)14-24(37)29-25(38)15-26(40-30(28)29)20-4-2-3-5-22(20)32/h2-7,10-11,14-15,18,21,27,36-37H,8-9,12-13,16-17H2,1H3/t18?,21-,27+/m0/s1. The van der Waals surface area contributed by atoms with Crippen LogP contribution in [0.15, 0.2) is 70.1 Å². The summed E-state index contributed by atoms with van der Waals surface area (Å²) in [5.74, 6) is -1.47. The smallest absolute Gasteiger partial charge is 0.311 e. The van der Waals surface area contributed by atoms with E-state index in [4.69, 9.17) is 20.8 Å². The first kappa shape index (κ1) is 27.1. The molecular weight excluding hydrogens is 546 g/mol. The number of aromatic hydroxyl groups is 2. The van der Waals surface area contributed by atoms with Crippen LogP contribution in [0.4, 0.5) is 5.69 Å². The molecule has 4 heterocycles. The highest BCUT2D eigenvalue weighted by Crippen LogP contribution is 2.44. The molecule has 10 heteroatoms.